The predicted octanol–water partition coefficient (Wildman–Crippen LogP) is 3.25. The Kier molecular flexibility index (Phi) is 4.25. The third kappa shape index (κ3) is 2.85. The van der Waals surface area contributed by atoms with Gasteiger partial charge in [-0.25, -0.2) is 0 Å². The summed E-state index contributed by atoms with van der Waals surface area (Å²) in [5.41, 5.74) is 2.72. The van der Waals surface area contributed by atoms with Crippen LogP contribution in [0.4, 0.5) is 5.69 Å². The van der Waals surface area contributed by atoms with Crippen LogP contribution in [0.2, 0.25) is 0 Å². The summed E-state index contributed by atoms with van der Waals surface area (Å²) < 4.78 is 10.5. The Hall–Kier alpha value is -2.82. The first kappa shape index (κ1) is 16.1. The molecule has 0 aliphatic carbocycles. The van der Waals surface area contributed by atoms with E-state index in [1.54, 1.807) is 37.3 Å². The number of anilines is 1. The molecule has 3 rings (SSSR count). The number of ketones is 1. The lowest BCUT2D eigenvalue weighted by atomic mass is 9.97. The molecule has 1 amide bonds. The minimum absolute atomic E-state index is 0.0703. The van der Waals surface area contributed by atoms with Crippen LogP contribution in [-0.2, 0) is 0 Å². The third-order valence-corrected chi connectivity index (χ3v) is 4.15. The van der Waals surface area contributed by atoms with Crippen LogP contribution < -0.4 is 14.4 Å². The van der Waals surface area contributed by atoms with E-state index in [4.69, 9.17) is 9.47 Å². The average Bonchev–Trinajstić information content (AvgIpc) is 2.61. The number of benzene rings is 2. The van der Waals surface area contributed by atoms with E-state index >= 15 is 0 Å². The number of hydrogen-bond acceptors (Lipinski definition) is 4. The number of carbonyl (C=O) groups excluding carboxylic acids is 2. The SMILES string of the molecule is COc1cc(OC)cc(C(=O)N2CCC(=O)c3cc(C)ccc32)c1. The number of fused-ring (bicyclic) bond motifs is 1. The van der Waals surface area contributed by atoms with E-state index in [2.05, 4.69) is 0 Å². The highest BCUT2D eigenvalue weighted by Gasteiger charge is 2.28. The van der Waals surface area contributed by atoms with E-state index in [0.717, 1.165) is 5.56 Å². The molecule has 0 saturated heterocycles. The van der Waals surface area contributed by atoms with E-state index in [-0.39, 0.29) is 11.7 Å². The lowest BCUT2D eigenvalue weighted by molar-refractivity contribution is 0.0954. The van der Waals surface area contributed by atoms with Gasteiger partial charge in [-0.1, -0.05) is 11.6 Å². The van der Waals surface area contributed by atoms with Gasteiger partial charge in [0.2, 0.25) is 0 Å². The number of nitrogens with zero attached hydrogens (tertiary/aromatic N) is 1. The summed E-state index contributed by atoms with van der Waals surface area (Å²) in [6.45, 7) is 2.30. The van der Waals surface area contributed by atoms with E-state index in [1.165, 1.54) is 0 Å². The van der Waals surface area contributed by atoms with Gasteiger partial charge in [0.25, 0.3) is 5.91 Å². The molecule has 124 valence electrons. The van der Waals surface area contributed by atoms with Gasteiger partial charge in [-0.2, -0.15) is 0 Å². The van der Waals surface area contributed by atoms with Crippen molar-refractivity contribution in [1.82, 2.24) is 0 Å². The van der Waals surface area contributed by atoms with Crippen LogP contribution in [0.3, 0.4) is 0 Å². The molecule has 5 heteroatoms. The molecule has 1 aliphatic rings. The second kappa shape index (κ2) is 6.35. The van der Waals surface area contributed by atoms with Crippen molar-refractivity contribution >= 4 is 17.4 Å². The average molecular weight is 325 g/mol. The zero-order chi connectivity index (χ0) is 17.3. The van der Waals surface area contributed by atoms with E-state index in [9.17, 15) is 9.59 Å². The smallest absolute Gasteiger partial charge is 0.258 e. The summed E-state index contributed by atoms with van der Waals surface area (Å²) in [7, 11) is 3.08. The van der Waals surface area contributed by atoms with Crippen LogP contribution in [0.15, 0.2) is 36.4 Å². The van der Waals surface area contributed by atoms with Crippen LogP contribution in [0.1, 0.15) is 32.7 Å². The van der Waals surface area contributed by atoms with Crippen molar-refractivity contribution in [3.8, 4) is 11.5 Å². The second-order valence-electron chi connectivity index (χ2n) is 5.75. The van der Waals surface area contributed by atoms with Crippen LogP contribution in [0, 0.1) is 6.92 Å². The van der Waals surface area contributed by atoms with Gasteiger partial charge < -0.3 is 14.4 Å². The van der Waals surface area contributed by atoms with Gasteiger partial charge in [0.15, 0.2) is 5.78 Å². The van der Waals surface area contributed by atoms with E-state index in [1.807, 2.05) is 25.1 Å². The van der Waals surface area contributed by atoms with Gasteiger partial charge in [0, 0.05) is 30.2 Å². The maximum atomic E-state index is 13.0. The Bertz CT molecular complexity index is 791. The third-order valence-electron chi connectivity index (χ3n) is 4.15. The number of ether oxygens (including phenoxy) is 2. The predicted molar refractivity (Wildman–Crippen MR) is 91.3 cm³/mol. The molecule has 1 aliphatic heterocycles. The number of rotatable bonds is 3. The van der Waals surface area contributed by atoms with Crippen molar-refractivity contribution in [3.63, 3.8) is 0 Å². The normalized spacial score (nSPS) is 13.5. The molecule has 5 nitrogen and oxygen atoms in total. The lowest BCUT2D eigenvalue weighted by Gasteiger charge is -2.29. The molecule has 24 heavy (non-hydrogen) atoms. The van der Waals surface area contributed by atoms with E-state index in [0.29, 0.717) is 41.3 Å². The Morgan fingerprint density at radius 2 is 1.71 bits per heavy atom. The Balaban J connectivity index is 2.03. The molecule has 0 atom stereocenters. The molecule has 0 spiro atoms. The van der Waals surface area contributed by atoms with Gasteiger partial charge in [0.1, 0.15) is 11.5 Å². The number of hydrogen-bond donors (Lipinski definition) is 0. The summed E-state index contributed by atoms with van der Waals surface area (Å²) in [5.74, 6) is 0.996. The molecule has 0 aromatic heterocycles. The summed E-state index contributed by atoms with van der Waals surface area (Å²) in [6, 6.07) is 10.6. The molecular formula is C19H19NO4. The molecule has 2 aromatic carbocycles. The van der Waals surface area contributed by atoms with Gasteiger partial charge in [-0.05, 0) is 31.2 Å². The maximum Gasteiger partial charge on any atom is 0.258 e. The number of Topliss-reactive ketones (excluding diaryl/α,β-unsaturated/α-hetero) is 1. The topological polar surface area (TPSA) is 55.8 Å². The minimum atomic E-state index is -0.176. The van der Waals surface area contributed by atoms with Crippen molar-refractivity contribution in [2.45, 2.75) is 13.3 Å². The second-order valence-corrected chi connectivity index (χ2v) is 5.75. The zero-order valence-corrected chi connectivity index (χ0v) is 14.0. The Labute approximate surface area is 140 Å². The molecule has 0 fully saturated rings. The molecule has 0 saturated carbocycles. The number of carbonyl (C=O) groups is 2. The van der Waals surface area contributed by atoms with Crippen LogP contribution in [0.5, 0.6) is 11.5 Å². The van der Waals surface area contributed by atoms with Crippen molar-refractivity contribution in [2.75, 3.05) is 25.7 Å². The van der Waals surface area contributed by atoms with E-state index < -0.39 is 0 Å². The lowest BCUT2D eigenvalue weighted by Crippen LogP contribution is -2.37. The molecule has 0 unspecified atom stereocenters. The fourth-order valence-electron chi connectivity index (χ4n) is 2.87. The summed E-state index contributed by atoms with van der Waals surface area (Å²) >= 11 is 0. The quantitative estimate of drug-likeness (QED) is 0.869. The maximum absolute atomic E-state index is 13.0. The molecule has 0 radical (unpaired) electrons. The standard InChI is InChI=1S/C19H19NO4/c1-12-4-5-17-16(8-12)18(21)6-7-20(17)19(22)13-9-14(23-2)11-15(10-13)24-3/h4-5,8-11H,6-7H2,1-3H3. The van der Waals surface area contributed by atoms with Crippen molar-refractivity contribution < 1.29 is 19.1 Å². The number of aryl methyl sites for hydroxylation is 1. The first-order valence-corrected chi connectivity index (χ1v) is 7.72. The minimum Gasteiger partial charge on any atom is -0.497 e. The highest BCUT2D eigenvalue weighted by Crippen LogP contribution is 2.31. The largest absolute Gasteiger partial charge is 0.497 e. The summed E-state index contributed by atoms with van der Waals surface area (Å²) in [4.78, 5) is 26.8. The Morgan fingerprint density at radius 1 is 1.04 bits per heavy atom. The fourth-order valence-corrected chi connectivity index (χ4v) is 2.87. The number of methoxy groups -OCH3 is 2. The first-order valence-electron chi connectivity index (χ1n) is 7.72. The monoisotopic (exact) mass is 325 g/mol. The molecule has 0 N–H and O–H groups in total. The van der Waals surface area contributed by atoms with Crippen molar-refractivity contribution in [1.29, 1.82) is 0 Å². The van der Waals surface area contributed by atoms with Crippen molar-refractivity contribution in [2.24, 2.45) is 0 Å². The van der Waals surface area contributed by atoms with Gasteiger partial charge in [-0.3, -0.25) is 9.59 Å². The molecular weight excluding hydrogens is 306 g/mol. The van der Waals surface area contributed by atoms with Crippen LogP contribution >= 0.6 is 0 Å². The molecule has 2 aromatic rings. The van der Waals surface area contributed by atoms with Gasteiger partial charge >= 0.3 is 0 Å². The Morgan fingerprint density at radius 3 is 2.33 bits per heavy atom. The zero-order valence-electron chi connectivity index (χ0n) is 14.0. The highest BCUT2D eigenvalue weighted by molar-refractivity contribution is 6.13. The fraction of sp³-hybridized carbons (Fsp3) is 0.263. The summed E-state index contributed by atoms with van der Waals surface area (Å²) in [5, 5.41) is 0. The van der Waals surface area contributed by atoms with Crippen LogP contribution in [-0.4, -0.2) is 32.5 Å². The molecule has 1 heterocycles. The van der Waals surface area contributed by atoms with Gasteiger partial charge in [-0.15, -0.1) is 0 Å². The van der Waals surface area contributed by atoms with Crippen molar-refractivity contribution in [3.05, 3.63) is 53.1 Å². The van der Waals surface area contributed by atoms with Crippen LogP contribution in [0.25, 0.3) is 0 Å². The van der Waals surface area contributed by atoms with Gasteiger partial charge in [0.05, 0.1) is 19.9 Å². The highest BCUT2D eigenvalue weighted by atomic mass is 16.5. The summed E-state index contributed by atoms with van der Waals surface area (Å²) in [6.07, 6.45) is 0.323. The first-order chi connectivity index (χ1) is 11.5. The number of amides is 1. The molecule has 0 bridgehead atoms.